The van der Waals surface area contributed by atoms with Crippen LogP contribution in [0, 0.1) is 13.3 Å². The Labute approximate surface area is 80.6 Å². The summed E-state index contributed by atoms with van der Waals surface area (Å²) in [5.41, 5.74) is 0. The minimum Gasteiger partial charge on any atom is -0.596 e. The van der Waals surface area contributed by atoms with Crippen molar-refractivity contribution in [2.45, 2.75) is 19.8 Å². The Hall–Kier alpha value is -0.198. The van der Waals surface area contributed by atoms with Gasteiger partial charge in [-0.1, -0.05) is 6.92 Å². The monoisotopic (exact) mass is 328 g/mol. The predicted octanol–water partition coefficient (Wildman–Crippen LogP) is 1.29. The third-order valence-electron chi connectivity index (χ3n) is 1.45. The summed E-state index contributed by atoms with van der Waals surface area (Å²) in [6.07, 6.45) is 1.11. The summed E-state index contributed by atoms with van der Waals surface area (Å²) in [4.78, 5) is 21.0. The SMILES string of the molecule is CC1CCC(=O)[N-]C1=O.[CH3-].[Re]. The molecule has 1 fully saturated rings. The number of hydrogen-bond acceptors (Lipinski definition) is 2. The van der Waals surface area contributed by atoms with Crippen LogP contribution in [0.25, 0.3) is 5.32 Å². The summed E-state index contributed by atoms with van der Waals surface area (Å²) in [5.74, 6) is -0.563. The van der Waals surface area contributed by atoms with Gasteiger partial charge in [0, 0.05) is 20.4 Å². The Morgan fingerprint density at radius 2 is 2.00 bits per heavy atom. The van der Waals surface area contributed by atoms with Crippen LogP contribution in [0.5, 0.6) is 0 Å². The van der Waals surface area contributed by atoms with Crippen molar-refractivity contribution >= 4 is 11.8 Å². The second-order valence-electron chi connectivity index (χ2n) is 2.28. The summed E-state index contributed by atoms with van der Waals surface area (Å²) >= 11 is 0. The van der Waals surface area contributed by atoms with Crippen LogP contribution in [0.2, 0.25) is 0 Å². The van der Waals surface area contributed by atoms with Crippen LogP contribution < -0.4 is 0 Å². The summed E-state index contributed by atoms with van der Waals surface area (Å²) in [6, 6.07) is 0. The maximum absolute atomic E-state index is 10.6. The van der Waals surface area contributed by atoms with E-state index in [4.69, 9.17) is 0 Å². The molecule has 1 saturated heterocycles. The van der Waals surface area contributed by atoms with Gasteiger partial charge >= 0.3 is 0 Å². The Kier molecular flexibility index (Phi) is 6.64. The van der Waals surface area contributed by atoms with Gasteiger partial charge in [-0.05, 0) is 18.8 Å². The number of hydrogen-bond donors (Lipinski definition) is 0. The number of imide groups is 1. The second kappa shape index (κ2) is 5.45. The van der Waals surface area contributed by atoms with Gasteiger partial charge in [0.2, 0.25) is 0 Å². The largest absolute Gasteiger partial charge is 0.596 e. The molecule has 2 amide bonds. The molecule has 1 radical (unpaired) electrons. The Bertz CT molecular complexity index is 159. The van der Waals surface area contributed by atoms with Crippen molar-refractivity contribution in [1.29, 1.82) is 0 Å². The van der Waals surface area contributed by atoms with Gasteiger partial charge in [0.05, 0.1) is 11.8 Å². The molecule has 0 N–H and O–H groups in total. The molecular weight excluding hydrogens is 316 g/mol. The first-order valence-corrected chi connectivity index (χ1v) is 2.98. The van der Waals surface area contributed by atoms with Crippen LogP contribution in [0.15, 0.2) is 0 Å². The molecule has 1 aliphatic heterocycles. The molecular formula is C7H11NO2Re-2. The predicted molar refractivity (Wildman–Crippen MR) is 38.2 cm³/mol. The molecule has 3 nitrogen and oxygen atoms in total. The molecule has 4 heteroatoms. The molecule has 1 unspecified atom stereocenters. The molecule has 0 aromatic carbocycles. The molecule has 0 saturated carbocycles. The van der Waals surface area contributed by atoms with E-state index in [1.165, 1.54) is 0 Å². The van der Waals surface area contributed by atoms with Gasteiger partial charge in [-0.3, -0.25) is 0 Å². The number of piperidine rings is 1. The van der Waals surface area contributed by atoms with E-state index in [1.54, 1.807) is 6.92 Å². The van der Waals surface area contributed by atoms with Crippen molar-refractivity contribution in [2.75, 3.05) is 0 Å². The van der Waals surface area contributed by atoms with Crippen molar-refractivity contribution in [2.24, 2.45) is 5.92 Å². The quantitative estimate of drug-likeness (QED) is 0.497. The average Bonchev–Trinajstić information content (AvgIpc) is 1.80. The standard InChI is InChI=1S/C6H9NO2.CH3.Re/c1-4-2-3-5(8)7-6(4)9;;/h4H,2-3H2,1H3,(H,7,8,9);1H3;/q;-1;/p-1. The first-order valence-electron chi connectivity index (χ1n) is 2.98. The van der Waals surface area contributed by atoms with Gasteiger partial charge in [0.25, 0.3) is 0 Å². The van der Waals surface area contributed by atoms with Crippen molar-refractivity contribution in [1.82, 2.24) is 0 Å². The van der Waals surface area contributed by atoms with Gasteiger partial charge in [0.1, 0.15) is 0 Å². The number of nitrogens with zero attached hydrogens (tertiary/aromatic N) is 1. The van der Waals surface area contributed by atoms with Crippen LogP contribution in [0.4, 0.5) is 0 Å². The number of carbonyl (C=O) groups excluding carboxylic acids is 2. The summed E-state index contributed by atoms with van der Waals surface area (Å²) in [5, 5.41) is 3.29. The van der Waals surface area contributed by atoms with Crippen LogP contribution in [0.1, 0.15) is 19.8 Å². The molecule has 0 bridgehead atoms. The van der Waals surface area contributed by atoms with E-state index in [-0.39, 0.29) is 45.6 Å². The van der Waals surface area contributed by atoms with Gasteiger partial charge in [0.15, 0.2) is 0 Å². The first-order chi connectivity index (χ1) is 4.20. The van der Waals surface area contributed by atoms with Gasteiger partial charge in [-0.25, -0.2) is 0 Å². The minimum atomic E-state index is -0.266. The van der Waals surface area contributed by atoms with E-state index < -0.39 is 0 Å². The van der Waals surface area contributed by atoms with Gasteiger partial charge in [-0.2, -0.15) is 0 Å². The maximum Gasteiger partial charge on any atom is 0.0593 e. The molecule has 1 rings (SSSR count). The first kappa shape index (κ1) is 13.4. The zero-order chi connectivity index (χ0) is 6.85. The summed E-state index contributed by atoms with van der Waals surface area (Å²) in [7, 11) is 0. The fourth-order valence-electron chi connectivity index (χ4n) is 0.752. The van der Waals surface area contributed by atoms with Crippen LogP contribution in [-0.2, 0) is 30.0 Å². The molecule has 65 valence electrons. The molecule has 1 aliphatic rings. The van der Waals surface area contributed by atoms with Crippen molar-refractivity contribution in [3.05, 3.63) is 12.7 Å². The van der Waals surface area contributed by atoms with E-state index >= 15 is 0 Å². The molecule has 0 spiro atoms. The fraction of sp³-hybridized carbons (Fsp3) is 0.571. The third-order valence-corrected chi connectivity index (χ3v) is 1.45. The Balaban J connectivity index is 0. The van der Waals surface area contributed by atoms with E-state index in [0.717, 1.165) is 0 Å². The van der Waals surface area contributed by atoms with Crippen molar-refractivity contribution in [3.63, 3.8) is 0 Å². The molecule has 1 heterocycles. The topological polar surface area (TPSA) is 48.2 Å². The van der Waals surface area contributed by atoms with E-state index in [2.05, 4.69) is 5.32 Å². The van der Waals surface area contributed by atoms with Crippen LogP contribution in [-0.4, -0.2) is 11.8 Å². The number of rotatable bonds is 0. The normalized spacial score (nSPS) is 22.8. The zero-order valence-electron chi connectivity index (χ0n) is 6.63. The Morgan fingerprint density at radius 3 is 2.36 bits per heavy atom. The maximum atomic E-state index is 10.6. The molecule has 11 heavy (non-hydrogen) atoms. The summed E-state index contributed by atoms with van der Waals surface area (Å²) < 4.78 is 0. The molecule has 0 aliphatic carbocycles. The smallest absolute Gasteiger partial charge is 0.0593 e. The third kappa shape index (κ3) is 3.64. The van der Waals surface area contributed by atoms with Crippen LogP contribution >= 0.6 is 0 Å². The minimum absolute atomic E-state index is 0. The second-order valence-corrected chi connectivity index (χ2v) is 2.28. The van der Waals surface area contributed by atoms with Crippen LogP contribution in [0.3, 0.4) is 0 Å². The van der Waals surface area contributed by atoms with Crippen molar-refractivity contribution < 1.29 is 30.0 Å². The Morgan fingerprint density at radius 1 is 1.45 bits per heavy atom. The van der Waals surface area contributed by atoms with Gasteiger partial charge in [-0.15, -0.1) is 0 Å². The van der Waals surface area contributed by atoms with E-state index in [9.17, 15) is 9.59 Å². The van der Waals surface area contributed by atoms with Gasteiger partial charge < -0.3 is 22.3 Å². The summed E-state index contributed by atoms with van der Waals surface area (Å²) in [6.45, 7) is 1.79. The zero-order valence-corrected chi connectivity index (χ0v) is 9.35. The molecule has 1 atom stereocenters. The molecule has 0 aromatic heterocycles. The fourth-order valence-corrected chi connectivity index (χ4v) is 0.752. The van der Waals surface area contributed by atoms with E-state index in [1.807, 2.05) is 0 Å². The van der Waals surface area contributed by atoms with Crippen molar-refractivity contribution in [3.8, 4) is 0 Å². The molecule has 0 aromatic rings. The van der Waals surface area contributed by atoms with E-state index in [0.29, 0.717) is 12.8 Å². The number of amides is 2. The average molecular weight is 327 g/mol. The number of carbonyl (C=O) groups is 2.